The van der Waals surface area contributed by atoms with Crippen molar-refractivity contribution < 1.29 is 4.79 Å². The number of nitrogens with zero attached hydrogens (tertiary/aromatic N) is 4. The number of hydrogen-bond acceptors (Lipinski definition) is 4. The van der Waals surface area contributed by atoms with Crippen LogP contribution in [0.5, 0.6) is 0 Å². The molecule has 23 heavy (non-hydrogen) atoms. The molecule has 1 saturated carbocycles. The van der Waals surface area contributed by atoms with Crippen molar-refractivity contribution in [2.45, 2.75) is 51.1 Å². The van der Waals surface area contributed by atoms with Crippen molar-refractivity contribution >= 4 is 5.91 Å². The number of tetrazole rings is 1. The fraction of sp³-hybridized carbons (Fsp3) is 0.529. The maximum Gasteiger partial charge on any atom is 0.245 e. The summed E-state index contributed by atoms with van der Waals surface area (Å²) in [6.45, 7) is 2.25. The minimum Gasteiger partial charge on any atom is -0.351 e. The highest BCUT2D eigenvalue weighted by Crippen LogP contribution is 2.24. The number of nitrogens with one attached hydrogen (secondary N) is 1. The molecule has 1 aliphatic carbocycles. The van der Waals surface area contributed by atoms with Gasteiger partial charge < -0.3 is 5.32 Å². The molecule has 6 heteroatoms. The molecular weight excluding hydrogens is 290 g/mol. The van der Waals surface area contributed by atoms with Crippen LogP contribution >= 0.6 is 0 Å². The zero-order valence-electron chi connectivity index (χ0n) is 13.4. The van der Waals surface area contributed by atoms with Gasteiger partial charge in [0.05, 0.1) is 0 Å². The summed E-state index contributed by atoms with van der Waals surface area (Å²) in [7, 11) is 0. The van der Waals surface area contributed by atoms with E-state index in [9.17, 15) is 4.79 Å². The van der Waals surface area contributed by atoms with Crippen LogP contribution in [-0.4, -0.2) is 32.2 Å². The Balaban J connectivity index is 1.71. The quantitative estimate of drug-likeness (QED) is 0.918. The minimum absolute atomic E-state index is 0.000234. The van der Waals surface area contributed by atoms with Crippen LogP contribution in [-0.2, 0) is 11.2 Å². The Hall–Kier alpha value is -2.24. The Kier molecular flexibility index (Phi) is 5.00. The molecule has 1 aromatic heterocycles. The molecule has 6 nitrogen and oxygen atoms in total. The fourth-order valence-corrected chi connectivity index (χ4v) is 3.32. The van der Waals surface area contributed by atoms with Crippen molar-refractivity contribution in [3.8, 4) is 0 Å². The van der Waals surface area contributed by atoms with Crippen LogP contribution in [0.15, 0.2) is 36.7 Å². The number of carbonyl (C=O) groups excluding carboxylic acids is 1. The molecule has 1 aromatic carbocycles. The second-order valence-corrected chi connectivity index (χ2v) is 6.47. The van der Waals surface area contributed by atoms with E-state index in [2.05, 4.69) is 27.8 Å². The van der Waals surface area contributed by atoms with Crippen molar-refractivity contribution in [2.24, 2.45) is 5.92 Å². The lowest BCUT2D eigenvalue weighted by Gasteiger charge is -2.29. The van der Waals surface area contributed by atoms with Crippen LogP contribution in [0, 0.1) is 5.92 Å². The van der Waals surface area contributed by atoms with E-state index < -0.39 is 6.04 Å². The molecule has 1 fully saturated rings. The molecule has 0 spiro atoms. The van der Waals surface area contributed by atoms with Crippen molar-refractivity contribution in [3.05, 3.63) is 42.2 Å². The first-order valence-corrected chi connectivity index (χ1v) is 8.29. The summed E-state index contributed by atoms with van der Waals surface area (Å²) >= 11 is 0. The molecule has 1 amide bonds. The maximum atomic E-state index is 12.8. The first-order chi connectivity index (χ1) is 11.2. The van der Waals surface area contributed by atoms with Gasteiger partial charge >= 0.3 is 0 Å². The highest BCUT2D eigenvalue weighted by atomic mass is 16.2. The molecule has 0 bridgehead atoms. The van der Waals surface area contributed by atoms with Crippen molar-refractivity contribution in [2.75, 3.05) is 0 Å². The summed E-state index contributed by atoms with van der Waals surface area (Å²) in [6, 6.07) is 9.82. The number of benzene rings is 1. The highest BCUT2D eigenvalue weighted by Gasteiger charge is 2.26. The van der Waals surface area contributed by atoms with Crippen LogP contribution in [0.2, 0.25) is 0 Å². The van der Waals surface area contributed by atoms with E-state index in [1.165, 1.54) is 19.2 Å². The maximum absolute atomic E-state index is 12.8. The molecule has 1 heterocycles. The van der Waals surface area contributed by atoms with Gasteiger partial charge in [-0.1, -0.05) is 50.1 Å². The molecule has 1 aliphatic rings. The van der Waals surface area contributed by atoms with Gasteiger partial charge in [0.25, 0.3) is 0 Å². The molecular formula is C17H23N5O. The SMILES string of the molecule is CC1CCCC(NC(=O)C(Cc2ccccc2)n2cnnn2)C1. The number of hydrogen-bond donors (Lipinski definition) is 1. The van der Waals surface area contributed by atoms with Crippen LogP contribution in [0.25, 0.3) is 0 Å². The molecule has 0 aliphatic heterocycles. The van der Waals surface area contributed by atoms with Crippen LogP contribution in [0.1, 0.15) is 44.2 Å². The Morgan fingerprint density at radius 1 is 1.35 bits per heavy atom. The average molecular weight is 313 g/mol. The summed E-state index contributed by atoms with van der Waals surface area (Å²) in [6.07, 6.45) is 6.65. The molecule has 1 N–H and O–H groups in total. The number of aromatic nitrogens is 4. The van der Waals surface area contributed by atoms with Gasteiger partial charge in [0.15, 0.2) is 0 Å². The van der Waals surface area contributed by atoms with Gasteiger partial charge in [0.2, 0.25) is 5.91 Å². The van der Waals surface area contributed by atoms with Gasteiger partial charge in [-0.25, -0.2) is 4.68 Å². The van der Waals surface area contributed by atoms with E-state index in [1.807, 2.05) is 30.3 Å². The van der Waals surface area contributed by atoms with E-state index >= 15 is 0 Å². The Bertz CT molecular complexity index is 613. The molecule has 0 saturated heterocycles. The van der Waals surface area contributed by atoms with E-state index in [4.69, 9.17) is 0 Å². The Morgan fingerprint density at radius 2 is 2.17 bits per heavy atom. The third-order valence-corrected chi connectivity index (χ3v) is 4.54. The zero-order valence-corrected chi connectivity index (χ0v) is 13.4. The molecule has 3 atom stereocenters. The van der Waals surface area contributed by atoms with Crippen molar-refractivity contribution in [1.29, 1.82) is 0 Å². The topological polar surface area (TPSA) is 72.7 Å². The normalized spacial score (nSPS) is 22.5. The van der Waals surface area contributed by atoms with Crippen LogP contribution < -0.4 is 5.32 Å². The van der Waals surface area contributed by atoms with E-state index in [-0.39, 0.29) is 11.9 Å². The molecule has 0 radical (unpaired) electrons. The highest BCUT2D eigenvalue weighted by molar-refractivity contribution is 5.80. The van der Waals surface area contributed by atoms with Gasteiger partial charge in [-0.05, 0) is 34.7 Å². The lowest BCUT2D eigenvalue weighted by Crippen LogP contribution is -2.42. The minimum atomic E-state index is -0.412. The number of rotatable bonds is 5. The lowest BCUT2D eigenvalue weighted by molar-refractivity contribution is -0.125. The molecule has 3 unspecified atom stereocenters. The predicted octanol–water partition coefficient (Wildman–Crippen LogP) is 2.15. The molecule has 3 rings (SSSR count). The van der Waals surface area contributed by atoms with Gasteiger partial charge in [-0.15, -0.1) is 5.10 Å². The Labute approximate surface area is 136 Å². The molecule has 2 aromatic rings. The monoisotopic (exact) mass is 313 g/mol. The second kappa shape index (κ2) is 7.35. The first-order valence-electron chi connectivity index (χ1n) is 8.29. The van der Waals surface area contributed by atoms with E-state index in [0.717, 1.165) is 18.4 Å². The largest absolute Gasteiger partial charge is 0.351 e. The van der Waals surface area contributed by atoms with Crippen LogP contribution in [0.3, 0.4) is 0 Å². The van der Waals surface area contributed by atoms with Crippen LogP contribution in [0.4, 0.5) is 0 Å². The lowest BCUT2D eigenvalue weighted by atomic mass is 9.87. The predicted molar refractivity (Wildman–Crippen MR) is 86.6 cm³/mol. The summed E-state index contributed by atoms with van der Waals surface area (Å²) in [5.41, 5.74) is 1.10. The summed E-state index contributed by atoms with van der Waals surface area (Å²) < 4.78 is 1.55. The fourth-order valence-electron chi connectivity index (χ4n) is 3.32. The van der Waals surface area contributed by atoms with Crippen molar-refractivity contribution in [3.63, 3.8) is 0 Å². The standard InChI is InChI=1S/C17H23N5O/c1-13-6-5-9-15(10-13)19-17(23)16(22-12-18-20-21-22)11-14-7-3-2-4-8-14/h2-4,7-8,12-13,15-16H,5-6,9-11H2,1H3,(H,19,23). The van der Waals surface area contributed by atoms with Crippen molar-refractivity contribution in [1.82, 2.24) is 25.5 Å². The van der Waals surface area contributed by atoms with E-state index in [0.29, 0.717) is 12.3 Å². The Morgan fingerprint density at radius 3 is 2.87 bits per heavy atom. The first kappa shape index (κ1) is 15.6. The van der Waals surface area contributed by atoms with Gasteiger partial charge in [0.1, 0.15) is 12.4 Å². The number of amides is 1. The van der Waals surface area contributed by atoms with Gasteiger partial charge in [-0.2, -0.15) is 0 Å². The third kappa shape index (κ3) is 4.15. The number of carbonyl (C=O) groups is 1. The smallest absolute Gasteiger partial charge is 0.245 e. The summed E-state index contributed by atoms with van der Waals surface area (Å²) in [4.78, 5) is 12.8. The third-order valence-electron chi connectivity index (χ3n) is 4.54. The van der Waals surface area contributed by atoms with Gasteiger partial charge in [-0.3, -0.25) is 4.79 Å². The van der Waals surface area contributed by atoms with E-state index in [1.54, 1.807) is 4.68 Å². The van der Waals surface area contributed by atoms with Gasteiger partial charge in [0, 0.05) is 12.5 Å². The summed E-state index contributed by atoms with van der Waals surface area (Å²) in [5.74, 6) is 0.676. The second-order valence-electron chi connectivity index (χ2n) is 6.47. The molecule has 122 valence electrons. The summed E-state index contributed by atoms with van der Waals surface area (Å²) in [5, 5.41) is 14.5. The average Bonchev–Trinajstić information content (AvgIpc) is 3.07. The zero-order chi connectivity index (χ0) is 16.1.